The van der Waals surface area contributed by atoms with Crippen LogP contribution in [-0.2, 0) is 10.8 Å². The third-order valence-electron chi connectivity index (χ3n) is 5.44. The molecule has 35 heavy (non-hydrogen) atoms. The molecule has 7 nitrogen and oxygen atoms in total. The van der Waals surface area contributed by atoms with Crippen LogP contribution in [0.4, 0.5) is 0 Å². The van der Waals surface area contributed by atoms with E-state index >= 15 is 0 Å². The summed E-state index contributed by atoms with van der Waals surface area (Å²) in [5.74, 6) is 0.609. The fourth-order valence-corrected chi connectivity index (χ4v) is 3.57. The van der Waals surface area contributed by atoms with E-state index in [1.165, 1.54) is 6.08 Å². The maximum Gasteiger partial charge on any atom is 0.279 e. The molecule has 3 N–H and O–H groups in total. The number of hydrogen-bond donors (Lipinski definition) is 2. The van der Waals surface area contributed by atoms with E-state index in [9.17, 15) is 4.79 Å². The Labute approximate surface area is 211 Å². The third-order valence-corrected chi connectivity index (χ3v) is 9.11. The molecule has 0 unspecified atom stereocenters. The van der Waals surface area contributed by atoms with Crippen LogP contribution in [0.2, 0.25) is 0 Å². The van der Waals surface area contributed by atoms with Crippen molar-refractivity contribution in [3.05, 3.63) is 71.9 Å². The van der Waals surface area contributed by atoms with Crippen LogP contribution in [0.1, 0.15) is 43.6 Å². The number of carbonyl (C=O) groups is 1. The predicted octanol–water partition coefficient (Wildman–Crippen LogP) is 5.06. The van der Waals surface area contributed by atoms with Gasteiger partial charge >= 0.3 is 0 Å². The number of amides is 1. The first-order chi connectivity index (χ1) is 16.4. The predicted molar refractivity (Wildman–Crippen MR) is 147 cm³/mol. The molecule has 2 aromatic carbocycles. The number of nitrogens with zero attached hydrogens (tertiary/aromatic N) is 1. The second kappa shape index (κ2) is 12.7. The molecular weight excluding hydrogens is 462 g/mol. The lowest BCUT2D eigenvalue weighted by molar-refractivity contribution is 0.100. The fraction of sp³-hybridized carbons (Fsp3) is 0.407. The van der Waals surface area contributed by atoms with Crippen LogP contribution in [0, 0.1) is 0 Å². The van der Waals surface area contributed by atoms with E-state index in [1.807, 2.05) is 37.3 Å². The number of nitrogens with two attached hydrogens (primary N) is 1. The van der Waals surface area contributed by atoms with Gasteiger partial charge in [-0.3, -0.25) is 4.79 Å². The van der Waals surface area contributed by atoms with E-state index in [0.29, 0.717) is 30.3 Å². The number of aliphatic imine (C=N–C) groups is 1. The van der Waals surface area contributed by atoms with E-state index in [-0.39, 0.29) is 16.7 Å². The Hall–Kier alpha value is -2.97. The Morgan fingerprint density at radius 1 is 1.14 bits per heavy atom. The molecule has 0 aromatic heterocycles. The standard InChI is InChI=1S/C27H39N3O4S/c1-20(18-33-35(6,7)27(2,3)4)34-24-16-22(26(31)30-25(28)13-14-29-5)15-23(17-24)32-19-21-11-9-8-10-12-21/h8-17,20,29H,18-19H2,1-7H3,(H2,28,30,31)/b14-13-/t20-/m0/s1. The summed E-state index contributed by atoms with van der Waals surface area (Å²) in [7, 11) is 0.457. The van der Waals surface area contributed by atoms with Crippen molar-refractivity contribution < 1.29 is 18.5 Å². The zero-order valence-corrected chi connectivity index (χ0v) is 22.6. The van der Waals surface area contributed by atoms with Crippen molar-refractivity contribution >= 4 is 22.1 Å². The van der Waals surface area contributed by atoms with Gasteiger partial charge in [0.25, 0.3) is 5.91 Å². The van der Waals surface area contributed by atoms with Crippen molar-refractivity contribution in [2.24, 2.45) is 10.7 Å². The van der Waals surface area contributed by atoms with Gasteiger partial charge in [-0.1, -0.05) is 51.1 Å². The third kappa shape index (κ3) is 9.30. The summed E-state index contributed by atoms with van der Waals surface area (Å²) in [6.07, 6.45) is 7.19. The van der Waals surface area contributed by atoms with Gasteiger partial charge in [-0.2, -0.15) is 4.99 Å². The van der Waals surface area contributed by atoms with E-state index in [0.717, 1.165) is 5.56 Å². The highest BCUT2D eigenvalue weighted by molar-refractivity contribution is 8.29. The summed E-state index contributed by atoms with van der Waals surface area (Å²) < 4.78 is 18.4. The molecule has 0 aliphatic rings. The summed E-state index contributed by atoms with van der Waals surface area (Å²) in [5, 5.41) is 2.81. The van der Waals surface area contributed by atoms with Crippen LogP contribution < -0.4 is 20.5 Å². The molecule has 0 saturated heterocycles. The molecule has 2 rings (SSSR count). The van der Waals surface area contributed by atoms with Gasteiger partial charge in [0.2, 0.25) is 0 Å². The van der Waals surface area contributed by atoms with E-state index in [4.69, 9.17) is 19.4 Å². The molecule has 0 saturated carbocycles. The van der Waals surface area contributed by atoms with Crippen molar-refractivity contribution in [2.75, 3.05) is 26.2 Å². The molecule has 192 valence electrons. The van der Waals surface area contributed by atoms with Crippen LogP contribution in [0.15, 0.2) is 65.8 Å². The second-order valence-electron chi connectivity index (χ2n) is 9.49. The van der Waals surface area contributed by atoms with Crippen LogP contribution in [0.5, 0.6) is 11.5 Å². The average molecular weight is 502 g/mol. The summed E-state index contributed by atoms with van der Waals surface area (Å²) in [6.45, 7) is 9.26. The Morgan fingerprint density at radius 2 is 1.80 bits per heavy atom. The van der Waals surface area contributed by atoms with Gasteiger partial charge in [-0.25, -0.2) is 0 Å². The second-order valence-corrected chi connectivity index (χ2v) is 13.4. The number of nitrogens with one attached hydrogen (secondary N) is 1. The normalized spacial score (nSPS) is 14.0. The van der Waals surface area contributed by atoms with Crippen molar-refractivity contribution in [1.82, 2.24) is 5.32 Å². The number of hydrogen-bond acceptors (Lipinski definition) is 5. The molecule has 1 amide bonds. The van der Waals surface area contributed by atoms with Crippen LogP contribution in [0.25, 0.3) is 0 Å². The van der Waals surface area contributed by atoms with Crippen molar-refractivity contribution in [2.45, 2.75) is 45.2 Å². The fourth-order valence-electron chi connectivity index (χ4n) is 2.68. The highest BCUT2D eigenvalue weighted by Crippen LogP contribution is 2.53. The van der Waals surface area contributed by atoms with Gasteiger partial charge in [-0.15, -0.1) is 10.3 Å². The Morgan fingerprint density at radius 3 is 2.43 bits per heavy atom. The van der Waals surface area contributed by atoms with Crippen molar-refractivity contribution in [3.63, 3.8) is 0 Å². The summed E-state index contributed by atoms with van der Waals surface area (Å²) >= 11 is 0. The lowest BCUT2D eigenvalue weighted by Crippen LogP contribution is -2.29. The molecule has 8 heteroatoms. The minimum atomic E-state index is -1.28. The molecule has 0 radical (unpaired) electrons. The Kier molecular flexibility index (Phi) is 10.2. The van der Waals surface area contributed by atoms with E-state index in [1.54, 1.807) is 31.4 Å². The zero-order valence-electron chi connectivity index (χ0n) is 21.8. The highest BCUT2D eigenvalue weighted by atomic mass is 32.3. The van der Waals surface area contributed by atoms with Gasteiger partial charge in [0.1, 0.15) is 30.0 Å². The first kappa shape index (κ1) is 28.3. The number of benzene rings is 2. The first-order valence-corrected chi connectivity index (χ1v) is 13.9. The molecule has 2 aromatic rings. The molecular formula is C27H39N3O4S. The molecule has 0 heterocycles. The van der Waals surface area contributed by atoms with Gasteiger partial charge in [-0.05, 0) is 49.4 Å². The average Bonchev–Trinajstić information content (AvgIpc) is 2.80. The topological polar surface area (TPSA) is 95.2 Å². The smallest absolute Gasteiger partial charge is 0.279 e. The zero-order chi connectivity index (χ0) is 26.1. The number of rotatable bonds is 11. The molecule has 0 aliphatic carbocycles. The highest BCUT2D eigenvalue weighted by Gasteiger charge is 2.29. The minimum absolute atomic E-state index is 0.0528. The maximum absolute atomic E-state index is 12.8. The summed E-state index contributed by atoms with van der Waals surface area (Å²) in [6, 6.07) is 14.9. The Bertz CT molecular complexity index is 1030. The molecule has 1 atom stereocenters. The van der Waals surface area contributed by atoms with Crippen molar-refractivity contribution in [1.29, 1.82) is 0 Å². The van der Waals surface area contributed by atoms with Gasteiger partial charge < -0.3 is 24.7 Å². The van der Waals surface area contributed by atoms with E-state index < -0.39 is 16.2 Å². The minimum Gasteiger partial charge on any atom is -0.489 e. The van der Waals surface area contributed by atoms with Crippen LogP contribution >= 0.6 is 10.3 Å². The first-order valence-electron chi connectivity index (χ1n) is 11.5. The molecule has 0 bridgehead atoms. The Balaban J connectivity index is 2.23. The van der Waals surface area contributed by atoms with Gasteiger partial charge in [0.15, 0.2) is 0 Å². The SMILES string of the molecule is CN/C=C\C(N)=NC(=O)c1cc(OCc2ccccc2)cc(O[C@@H](C)COS(C)(C)C(C)(C)C)c1. The van der Waals surface area contributed by atoms with Crippen LogP contribution in [-0.4, -0.2) is 48.8 Å². The molecule has 0 fully saturated rings. The quantitative estimate of drug-likeness (QED) is 0.330. The molecule has 0 aliphatic heterocycles. The largest absolute Gasteiger partial charge is 0.489 e. The molecule has 0 spiro atoms. The number of amidine groups is 1. The lowest BCUT2D eigenvalue weighted by Gasteiger charge is -2.44. The summed E-state index contributed by atoms with van der Waals surface area (Å²) in [4.78, 5) is 16.8. The number of ether oxygens (including phenoxy) is 2. The van der Waals surface area contributed by atoms with Crippen LogP contribution in [0.3, 0.4) is 0 Å². The number of carbonyl (C=O) groups excluding carboxylic acids is 1. The lowest BCUT2D eigenvalue weighted by atomic mass is 10.2. The van der Waals surface area contributed by atoms with Gasteiger partial charge in [0.05, 0.1) is 6.61 Å². The maximum atomic E-state index is 12.8. The monoisotopic (exact) mass is 501 g/mol. The van der Waals surface area contributed by atoms with Gasteiger partial charge in [0, 0.05) is 23.4 Å². The van der Waals surface area contributed by atoms with E-state index in [2.05, 4.69) is 43.6 Å². The summed E-state index contributed by atoms with van der Waals surface area (Å²) in [5.41, 5.74) is 7.16. The van der Waals surface area contributed by atoms with Crippen molar-refractivity contribution in [3.8, 4) is 11.5 Å².